The highest BCUT2D eigenvalue weighted by Gasteiger charge is 2.81. The zero-order valence-electron chi connectivity index (χ0n) is 12.4. The number of rotatable bonds is 5. The molecule has 0 aliphatic carbocycles. The second-order valence-electron chi connectivity index (χ2n) is 5.62. The van der Waals surface area contributed by atoms with Crippen LogP contribution in [0.15, 0.2) is 24.3 Å². The molecule has 0 radical (unpaired) electrons. The summed E-state index contributed by atoms with van der Waals surface area (Å²) in [6.45, 7) is 1.95. The minimum Gasteiger partial charge on any atom is -0.385 e. The van der Waals surface area contributed by atoms with Gasteiger partial charge in [-0.1, -0.05) is 24.3 Å². The lowest BCUT2D eigenvalue weighted by Gasteiger charge is -2.37. The Morgan fingerprint density at radius 3 is 1.71 bits per heavy atom. The Kier molecular flexibility index (Phi) is 4.99. The number of hydrogen-bond acceptors (Lipinski definition) is 1. The molecule has 0 spiro atoms. The number of alkyl halides is 9. The van der Waals surface area contributed by atoms with Crippen molar-refractivity contribution in [3.63, 3.8) is 0 Å². The predicted octanol–water partition coefficient (Wildman–Crippen LogP) is 5.06. The molecular weight excluding hydrogens is 355 g/mol. The molecule has 0 saturated carbocycles. The molecule has 0 bridgehead atoms. The highest BCUT2D eigenvalue weighted by Crippen LogP contribution is 2.55. The van der Waals surface area contributed by atoms with Crippen LogP contribution in [0.25, 0.3) is 0 Å². The Bertz CT molecular complexity index is 590. The molecule has 1 N–H and O–H groups in total. The van der Waals surface area contributed by atoms with Gasteiger partial charge in [0.05, 0.1) is 12.0 Å². The fourth-order valence-corrected chi connectivity index (χ4v) is 2.22. The largest absolute Gasteiger partial charge is 0.460 e. The first-order valence-electron chi connectivity index (χ1n) is 6.46. The molecule has 1 rings (SSSR count). The van der Waals surface area contributed by atoms with Gasteiger partial charge in [-0.05, 0) is 25.0 Å². The van der Waals surface area contributed by atoms with Crippen molar-refractivity contribution in [2.75, 3.05) is 0 Å². The maximum atomic E-state index is 13.7. The SMILES string of the molecule is Cc1ccccc1C(C)(O)CC(F)(F)C(F)(F)C(F)(F)C(F)(F)F. The maximum Gasteiger partial charge on any atom is 0.460 e. The molecule has 1 aromatic carbocycles. The minimum absolute atomic E-state index is 0.171. The summed E-state index contributed by atoms with van der Waals surface area (Å²) in [6.07, 6.45) is -9.21. The molecule has 0 aliphatic heterocycles. The van der Waals surface area contributed by atoms with Crippen LogP contribution in [0.2, 0.25) is 0 Å². The van der Waals surface area contributed by atoms with Crippen molar-refractivity contribution in [3.8, 4) is 0 Å². The molecule has 1 nitrogen and oxygen atoms in total. The fourth-order valence-electron chi connectivity index (χ4n) is 2.22. The molecule has 0 aliphatic rings. The Morgan fingerprint density at radius 2 is 1.29 bits per heavy atom. The second kappa shape index (κ2) is 5.82. The van der Waals surface area contributed by atoms with E-state index < -0.39 is 36.0 Å². The van der Waals surface area contributed by atoms with Gasteiger partial charge in [-0.25, -0.2) is 0 Å². The van der Waals surface area contributed by atoms with E-state index in [1.54, 1.807) is 0 Å². The third kappa shape index (κ3) is 3.33. The zero-order chi connectivity index (χ0) is 19.2. The van der Waals surface area contributed by atoms with Crippen molar-refractivity contribution in [2.24, 2.45) is 0 Å². The first-order chi connectivity index (χ1) is 10.5. The molecule has 1 aromatic rings. The quantitative estimate of drug-likeness (QED) is 0.721. The molecule has 0 saturated heterocycles. The molecule has 0 aromatic heterocycles. The van der Waals surface area contributed by atoms with E-state index in [1.807, 2.05) is 0 Å². The van der Waals surface area contributed by atoms with E-state index in [9.17, 15) is 44.6 Å². The van der Waals surface area contributed by atoms with Crippen LogP contribution in [0.4, 0.5) is 39.5 Å². The number of benzene rings is 1. The molecule has 1 unspecified atom stereocenters. The molecule has 0 fully saturated rings. The van der Waals surface area contributed by atoms with Gasteiger partial charge in [0.15, 0.2) is 0 Å². The van der Waals surface area contributed by atoms with Crippen LogP contribution in [0.1, 0.15) is 24.5 Å². The van der Waals surface area contributed by atoms with Gasteiger partial charge in [0.25, 0.3) is 0 Å². The van der Waals surface area contributed by atoms with Gasteiger partial charge >= 0.3 is 23.9 Å². The zero-order valence-corrected chi connectivity index (χ0v) is 12.4. The average molecular weight is 368 g/mol. The Labute approximate surface area is 131 Å². The molecule has 10 heteroatoms. The smallest absolute Gasteiger partial charge is 0.385 e. The highest BCUT2D eigenvalue weighted by molar-refractivity contribution is 5.31. The van der Waals surface area contributed by atoms with Gasteiger partial charge in [0, 0.05) is 0 Å². The van der Waals surface area contributed by atoms with Crippen LogP contribution in [-0.2, 0) is 5.60 Å². The number of halogens is 9. The van der Waals surface area contributed by atoms with Gasteiger partial charge in [-0.2, -0.15) is 39.5 Å². The third-order valence-electron chi connectivity index (χ3n) is 3.50. The molecule has 24 heavy (non-hydrogen) atoms. The summed E-state index contributed by atoms with van der Waals surface area (Å²) in [5.41, 5.74) is -2.89. The van der Waals surface area contributed by atoms with Crippen LogP contribution in [0.5, 0.6) is 0 Å². The van der Waals surface area contributed by atoms with Gasteiger partial charge in [0.1, 0.15) is 0 Å². The van der Waals surface area contributed by atoms with Gasteiger partial charge in [0.2, 0.25) is 0 Å². The van der Waals surface area contributed by atoms with Gasteiger partial charge in [-0.3, -0.25) is 0 Å². The monoisotopic (exact) mass is 368 g/mol. The lowest BCUT2D eigenvalue weighted by molar-refractivity contribution is -0.400. The first kappa shape index (κ1) is 20.6. The van der Waals surface area contributed by atoms with E-state index in [4.69, 9.17) is 0 Å². The summed E-state index contributed by atoms with van der Waals surface area (Å²) in [6, 6.07) is 5.09. The highest BCUT2D eigenvalue weighted by atomic mass is 19.4. The predicted molar refractivity (Wildman–Crippen MR) is 66.3 cm³/mol. The van der Waals surface area contributed by atoms with E-state index in [-0.39, 0.29) is 11.1 Å². The van der Waals surface area contributed by atoms with E-state index >= 15 is 0 Å². The van der Waals surface area contributed by atoms with E-state index in [0.717, 1.165) is 6.07 Å². The first-order valence-corrected chi connectivity index (χ1v) is 6.46. The van der Waals surface area contributed by atoms with Crippen LogP contribution >= 0.6 is 0 Å². The average Bonchev–Trinajstić information content (AvgIpc) is 2.35. The number of aliphatic hydroxyl groups is 1. The van der Waals surface area contributed by atoms with E-state index in [2.05, 4.69) is 0 Å². The van der Waals surface area contributed by atoms with Crippen molar-refractivity contribution in [3.05, 3.63) is 35.4 Å². The molecule has 1 atom stereocenters. The standard InChI is InChI=1S/C14H13F9O/c1-8-5-3-4-6-9(8)10(2,24)7-11(15,16)12(17,18)13(19,20)14(21,22)23/h3-6,24H,7H2,1-2H3. The lowest BCUT2D eigenvalue weighted by atomic mass is 9.84. The number of aryl methyl sites for hydroxylation is 1. The Hall–Kier alpha value is -1.45. The van der Waals surface area contributed by atoms with Crippen molar-refractivity contribution in [2.45, 2.75) is 49.8 Å². The summed E-state index contributed by atoms with van der Waals surface area (Å²) < 4.78 is 116. The topological polar surface area (TPSA) is 20.2 Å². The van der Waals surface area contributed by atoms with Crippen molar-refractivity contribution < 1.29 is 44.6 Å². The lowest BCUT2D eigenvalue weighted by Crippen LogP contribution is -2.62. The third-order valence-corrected chi connectivity index (χ3v) is 3.50. The Balaban J connectivity index is 3.27. The summed E-state index contributed by atoms with van der Waals surface area (Å²) >= 11 is 0. The van der Waals surface area contributed by atoms with Crippen LogP contribution in [-0.4, -0.2) is 29.1 Å². The van der Waals surface area contributed by atoms with Crippen LogP contribution in [0, 0.1) is 6.92 Å². The van der Waals surface area contributed by atoms with Gasteiger partial charge in [-0.15, -0.1) is 0 Å². The molecule has 0 heterocycles. The van der Waals surface area contributed by atoms with Crippen LogP contribution < -0.4 is 0 Å². The summed E-state index contributed by atoms with van der Waals surface area (Å²) in [7, 11) is 0. The molecule has 138 valence electrons. The Morgan fingerprint density at radius 1 is 0.833 bits per heavy atom. The molecular formula is C14H13F9O. The summed E-state index contributed by atoms with van der Waals surface area (Å²) in [5.74, 6) is -19.5. The number of hydrogen-bond donors (Lipinski definition) is 1. The fraction of sp³-hybridized carbons (Fsp3) is 0.571. The maximum absolute atomic E-state index is 13.7. The van der Waals surface area contributed by atoms with Gasteiger partial charge < -0.3 is 5.11 Å². The van der Waals surface area contributed by atoms with E-state index in [1.165, 1.54) is 25.1 Å². The minimum atomic E-state index is -6.97. The summed E-state index contributed by atoms with van der Waals surface area (Å²) in [5, 5.41) is 9.99. The van der Waals surface area contributed by atoms with Crippen LogP contribution in [0.3, 0.4) is 0 Å². The normalized spacial score (nSPS) is 16.8. The summed E-state index contributed by atoms with van der Waals surface area (Å²) in [4.78, 5) is 0. The second-order valence-corrected chi connectivity index (χ2v) is 5.62. The van der Waals surface area contributed by atoms with Crippen molar-refractivity contribution in [1.29, 1.82) is 0 Å². The molecule has 0 amide bonds. The van der Waals surface area contributed by atoms with Crippen molar-refractivity contribution in [1.82, 2.24) is 0 Å². The van der Waals surface area contributed by atoms with Crippen molar-refractivity contribution >= 4 is 0 Å². The van der Waals surface area contributed by atoms with E-state index in [0.29, 0.717) is 6.92 Å².